The van der Waals surface area contributed by atoms with Crippen LogP contribution in [-0.4, -0.2) is 39.0 Å². The second-order valence-corrected chi connectivity index (χ2v) is 6.50. The lowest BCUT2D eigenvalue weighted by molar-refractivity contribution is 0.0951. The molecule has 0 heterocycles. The van der Waals surface area contributed by atoms with E-state index in [1.807, 2.05) is 0 Å². The van der Waals surface area contributed by atoms with Gasteiger partial charge in [-0.05, 0) is 18.2 Å². The lowest BCUT2D eigenvalue weighted by atomic mass is 9.82. The van der Waals surface area contributed by atoms with Crippen molar-refractivity contribution < 1.29 is 29.7 Å². The molecule has 0 unspecified atom stereocenters. The predicted octanol–water partition coefficient (Wildman–Crippen LogP) is 2.34. The van der Waals surface area contributed by atoms with Crippen molar-refractivity contribution in [1.82, 2.24) is 5.43 Å². The summed E-state index contributed by atoms with van der Waals surface area (Å²) in [6.45, 7) is 0. The van der Waals surface area contributed by atoms with Gasteiger partial charge in [-0.1, -0.05) is 36.4 Å². The van der Waals surface area contributed by atoms with Crippen LogP contribution in [0.25, 0.3) is 0 Å². The minimum Gasteiger partial charge on any atom is -0.507 e. The van der Waals surface area contributed by atoms with Crippen LogP contribution in [0, 0.1) is 0 Å². The molecule has 148 valence electrons. The normalized spacial score (nSPS) is 12.5. The van der Waals surface area contributed by atoms with Crippen LogP contribution < -0.4 is 5.43 Å². The van der Waals surface area contributed by atoms with Gasteiger partial charge in [0.25, 0.3) is 5.91 Å². The van der Waals surface area contributed by atoms with E-state index >= 15 is 0 Å². The highest BCUT2D eigenvalue weighted by Crippen LogP contribution is 2.39. The molecule has 3 aromatic rings. The van der Waals surface area contributed by atoms with E-state index in [1.165, 1.54) is 24.3 Å². The Balaban J connectivity index is 1.69. The molecule has 0 bridgehead atoms. The summed E-state index contributed by atoms with van der Waals surface area (Å²) < 4.78 is 0. The molecule has 8 heteroatoms. The van der Waals surface area contributed by atoms with Crippen molar-refractivity contribution in [2.75, 3.05) is 0 Å². The van der Waals surface area contributed by atoms with Crippen molar-refractivity contribution in [3.63, 3.8) is 0 Å². The second kappa shape index (κ2) is 7.17. The average molecular weight is 402 g/mol. The monoisotopic (exact) mass is 402 g/mol. The van der Waals surface area contributed by atoms with Crippen LogP contribution in [0.15, 0.2) is 59.7 Å². The van der Waals surface area contributed by atoms with Gasteiger partial charge < -0.3 is 15.3 Å². The molecule has 0 spiro atoms. The van der Waals surface area contributed by atoms with Gasteiger partial charge in [0, 0.05) is 16.7 Å². The predicted molar refractivity (Wildman–Crippen MR) is 106 cm³/mol. The van der Waals surface area contributed by atoms with Crippen molar-refractivity contribution in [2.45, 2.75) is 0 Å². The number of aromatic hydroxyl groups is 3. The number of ketones is 2. The highest BCUT2D eigenvalue weighted by molar-refractivity contribution is 6.30. The third-order valence-corrected chi connectivity index (χ3v) is 4.70. The van der Waals surface area contributed by atoms with E-state index in [2.05, 4.69) is 10.5 Å². The number of fused-ring (bicyclic) bond motifs is 2. The summed E-state index contributed by atoms with van der Waals surface area (Å²) in [4.78, 5) is 37.6. The average Bonchev–Trinajstić information content (AvgIpc) is 2.74. The summed E-state index contributed by atoms with van der Waals surface area (Å²) in [7, 11) is 0. The van der Waals surface area contributed by atoms with Gasteiger partial charge in [-0.2, -0.15) is 5.10 Å². The van der Waals surface area contributed by atoms with E-state index in [0.29, 0.717) is 0 Å². The summed E-state index contributed by atoms with van der Waals surface area (Å²) in [5.41, 5.74) is 1.73. The molecule has 0 fully saturated rings. The lowest BCUT2D eigenvalue weighted by Gasteiger charge is -2.20. The molecule has 0 aliphatic heterocycles. The standard InChI is InChI=1S/C22H14N2O6/c25-15-8-4-3-7-14(15)22(30)24-23-10-11-9-16(26)17-18(19(11)27)21(29)13-6-2-1-5-12(13)20(17)28/h1-10,25-27H,(H,24,30)/b23-10+. The molecule has 4 rings (SSSR count). The van der Waals surface area contributed by atoms with Gasteiger partial charge in [-0.3, -0.25) is 14.4 Å². The Morgan fingerprint density at radius 2 is 1.43 bits per heavy atom. The van der Waals surface area contributed by atoms with Crippen LogP contribution in [0.5, 0.6) is 17.2 Å². The van der Waals surface area contributed by atoms with Crippen LogP contribution in [0.2, 0.25) is 0 Å². The third kappa shape index (κ3) is 2.96. The maximum absolute atomic E-state index is 12.8. The van der Waals surface area contributed by atoms with Gasteiger partial charge in [0.2, 0.25) is 0 Å². The first-order valence-corrected chi connectivity index (χ1v) is 8.79. The van der Waals surface area contributed by atoms with Crippen molar-refractivity contribution in [3.8, 4) is 17.2 Å². The highest BCUT2D eigenvalue weighted by atomic mass is 16.3. The highest BCUT2D eigenvalue weighted by Gasteiger charge is 2.35. The number of amides is 1. The first-order valence-electron chi connectivity index (χ1n) is 8.79. The molecular formula is C22H14N2O6. The number of nitrogens with one attached hydrogen (secondary N) is 1. The molecule has 0 saturated heterocycles. The number of hydrogen-bond acceptors (Lipinski definition) is 7. The first-order chi connectivity index (χ1) is 14.4. The van der Waals surface area contributed by atoms with Gasteiger partial charge >= 0.3 is 0 Å². The van der Waals surface area contributed by atoms with E-state index < -0.39 is 29.0 Å². The minimum absolute atomic E-state index is 0.00968. The molecule has 4 N–H and O–H groups in total. The van der Waals surface area contributed by atoms with E-state index in [9.17, 15) is 29.7 Å². The van der Waals surface area contributed by atoms with Crippen LogP contribution in [0.4, 0.5) is 0 Å². The van der Waals surface area contributed by atoms with Crippen LogP contribution in [0.3, 0.4) is 0 Å². The fourth-order valence-corrected chi connectivity index (χ4v) is 3.26. The summed E-state index contributed by atoms with van der Waals surface area (Å²) in [6, 6.07) is 13.0. The number of hydrazone groups is 1. The lowest BCUT2D eigenvalue weighted by Crippen LogP contribution is -2.22. The zero-order chi connectivity index (χ0) is 21.4. The topological polar surface area (TPSA) is 136 Å². The van der Waals surface area contributed by atoms with E-state index in [-0.39, 0.29) is 39.1 Å². The molecule has 0 saturated carbocycles. The SMILES string of the molecule is O=C(N/N=C/c1cc(O)c2c(c1O)C(=O)c1ccccc1C2=O)c1ccccc1O. The number of rotatable bonds is 3. The summed E-state index contributed by atoms with van der Waals surface area (Å²) in [6.07, 6.45) is 1.02. The molecule has 0 atom stereocenters. The molecule has 30 heavy (non-hydrogen) atoms. The second-order valence-electron chi connectivity index (χ2n) is 6.50. The van der Waals surface area contributed by atoms with E-state index in [1.54, 1.807) is 24.3 Å². The maximum Gasteiger partial charge on any atom is 0.275 e. The number of phenolic OH excluding ortho intramolecular Hbond substituents is 3. The number of phenols is 3. The van der Waals surface area contributed by atoms with Gasteiger partial charge in [-0.15, -0.1) is 0 Å². The van der Waals surface area contributed by atoms with Crippen LogP contribution >= 0.6 is 0 Å². The van der Waals surface area contributed by atoms with Crippen molar-refractivity contribution >= 4 is 23.7 Å². The fourth-order valence-electron chi connectivity index (χ4n) is 3.26. The van der Waals surface area contributed by atoms with E-state index in [0.717, 1.165) is 12.3 Å². The van der Waals surface area contributed by atoms with Crippen molar-refractivity contribution in [2.24, 2.45) is 5.10 Å². The molecule has 1 aliphatic rings. The number of para-hydroxylation sites is 1. The summed E-state index contributed by atoms with van der Waals surface area (Å²) >= 11 is 0. The van der Waals surface area contributed by atoms with Crippen LogP contribution in [0.1, 0.15) is 47.8 Å². The van der Waals surface area contributed by atoms with Crippen molar-refractivity contribution in [3.05, 3.63) is 88.0 Å². The van der Waals surface area contributed by atoms with Gasteiger partial charge in [0.1, 0.15) is 17.2 Å². The number of carbonyl (C=O) groups excluding carboxylic acids is 3. The maximum atomic E-state index is 12.8. The molecule has 1 aliphatic carbocycles. The number of hydrogen-bond donors (Lipinski definition) is 4. The smallest absolute Gasteiger partial charge is 0.275 e. The molecule has 8 nitrogen and oxygen atoms in total. The Labute approximate surface area is 169 Å². The number of nitrogens with zero attached hydrogens (tertiary/aromatic N) is 1. The van der Waals surface area contributed by atoms with Gasteiger partial charge in [-0.25, -0.2) is 5.43 Å². The molecule has 0 radical (unpaired) electrons. The largest absolute Gasteiger partial charge is 0.507 e. The Bertz CT molecular complexity index is 1260. The van der Waals surface area contributed by atoms with E-state index in [4.69, 9.17) is 0 Å². The third-order valence-electron chi connectivity index (χ3n) is 4.70. The van der Waals surface area contributed by atoms with Gasteiger partial charge in [0.05, 0.1) is 22.9 Å². The minimum atomic E-state index is -0.703. The Morgan fingerprint density at radius 1 is 0.833 bits per heavy atom. The molecular weight excluding hydrogens is 388 g/mol. The molecule has 1 amide bonds. The summed E-state index contributed by atoms with van der Waals surface area (Å²) in [5, 5.41) is 34.3. The number of carbonyl (C=O) groups is 3. The first kappa shape index (κ1) is 18.9. The Hall–Kier alpha value is -4.46. The Kier molecular flexibility index (Phi) is 4.51. The fraction of sp³-hybridized carbons (Fsp3) is 0. The zero-order valence-electron chi connectivity index (χ0n) is 15.3. The zero-order valence-corrected chi connectivity index (χ0v) is 15.3. The number of benzene rings is 3. The quantitative estimate of drug-likeness (QED) is 0.236. The molecule has 0 aromatic heterocycles. The van der Waals surface area contributed by atoms with Gasteiger partial charge in [0.15, 0.2) is 11.6 Å². The van der Waals surface area contributed by atoms with Crippen LogP contribution in [-0.2, 0) is 0 Å². The Morgan fingerprint density at radius 3 is 2.10 bits per heavy atom. The van der Waals surface area contributed by atoms with Crippen molar-refractivity contribution in [1.29, 1.82) is 0 Å². The molecule has 3 aromatic carbocycles. The summed E-state index contributed by atoms with van der Waals surface area (Å²) in [5.74, 6) is -3.17.